The van der Waals surface area contributed by atoms with E-state index in [0.29, 0.717) is 0 Å². The minimum absolute atomic E-state index is 0.954. The molecular weight excluding hydrogens is 256 g/mol. The minimum atomic E-state index is 0.954. The van der Waals surface area contributed by atoms with E-state index in [0.717, 1.165) is 18.2 Å². The topological polar surface area (TPSA) is 16.1 Å². The molecule has 0 atom stereocenters. The van der Waals surface area contributed by atoms with Gasteiger partial charge in [-0.3, -0.25) is 9.88 Å². The smallest absolute Gasteiger partial charge is 0.0702 e. The van der Waals surface area contributed by atoms with Crippen molar-refractivity contribution in [1.82, 2.24) is 9.88 Å². The van der Waals surface area contributed by atoms with Crippen LogP contribution in [0.15, 0.2) is 48.7 Å². The molecule has 0 unspecified atom stereocenters. The van der Waals surface area contributed by atoms with Crippen LogP contribution < -0.4 is 0 Å². The van der Waals surface area contributed by atoms with Crippen molar-refractivity contribution in [2.75, 3.05) is 13.1 Å². The van der Waals surface area contributed by atoms with Gasteiger partial charge in [-0.15, -0.1) is 0 Å². The monoisotopic (exact) mass is 280 g/mol. The van der Waals surface area contributed by atoms with E-state index < -0.39 is 0 Å². The lowest BCUT2D eigenvalue weighted by atomic mass is 10.1. The van der Waals surface area contributed by atoms with Crippen LogP contribution in [-0.2, 0) is 6.54 Å². The molecular formula is C19H24N2. The quantitative estimate of drug-likeness (QED) is 0.748. The summed E-state index contributed by atoms with van der Waals surface area (Å²) in [6.45, 7) is 5.79. The molecule has 0 radical (unpaired) electrons. The Morgan fingerprint density at radius 3 is 2.76 bits per heavy atom. The molecule has 2 nitrogen and oxygen atoms in total. The summed E-state index contributed by atoms with van der Waals surface area (Å²) in [6.07, 6.45) is 5.94. The number of rotatable bonds is 7. The van der Waals surface area contributed by atoms with E-state index in [1.165, 1.54) is 43.5 Å². The third kappa shape index (κ3) is 4.15. The van der Waals surface area contributed by atoms with Crippen molar-refractivity contribution in [1.29, 1.82) is 0 Å². The lowest BCUT2D eigenvalue weighted by Gasteiger charge is -2.21. The Morgan fingerprint density at radius 1 is 1.14 bits per heavy atom. The van der Waals surface area contributed by atoms with Crippen molar-refractivity contribution in [2.45, 2.75) is 32.7 Å². The fraction of sp³-hybridized carbons (Fsp3) is 0.421. The Kier molecular flexibility index (Phi) is 4.66. The molecule has 1 aromatic heterocycles. The predicted molar refractivity (Wildman–Crippen MR) is 88.0 cm³/mol. The van der Waals surface area contributed by atoms with Crippen LogP contribution in [0.1, 0.15) is 31.7 Å². The van der Waals surface area contributed by atoms with Gasteiger partial charge in [0.2, 0.25) is 0 Å². The first-order valence-electron chi connectivity index (χ1n) is 8.08. The van der Waals surface area contributed by atoms with Gasteiger partial charge < -0.3 is 0 Å². The molecule has 2 aromatic rings. The Morgan fingerprint density at radius 2 is 2.05 bits per heavy atom. The van der Waals surface area contributed by atoms with E-state index in [-0.39, 0.29) is 0 Å². The van der Waals surface area contributed by atoms with Crippen molar-refractivity contribution in [3.8, 4) is 11.3 Å². The molecule has 1 aliphatic rings. The van der Waals surface area contributed by atoms with Gasteiger partial charge in [0.1, 0.15) is 0 Å². The highest BCUT2D eigenvalue weighted by Crippen LogP contribution is 2.30. The van der Waals surface area contributed by atoms with Crippen molar-refractivity contribution >= 4 is 0 Å². The van der Waals surface area contributed by atoms with Gasteiger partial charge in [0.05, 0.1) is 5.69 Å². The summed E-state index contributed by atoms with van der Waals surface area (Å²) in [4.78, 5) is 7.06. The van der Waals surface area contributed by atoms with Gasteiger partial charge in [-0.1, -0.05) is 31.2 Å². The summed E-state index contributed by atoms with van der Waals surface area (Å²) in [5.74, 6) is 0.954. The third-order valence-electron chi connectivity index (χ3n) is 4.05. The summed E-state index contributed by atoms with van der Waals surface area (Å²) in [6, 6.07) is 14.9. The molecule has 2 heteroatoms. The van der Waals surface area contributed by atoms with Crippen LogP contribution in [0.5, 0.6) is 0 Å². The van der Waals surface area contributed by atoms with Crippen molar-refractivity contribution in [3.05, 3.63) is 54.2 Å². The van der Waals surface area contributed by atoms with E-state index in [1.807, 2.05) is 18.3 Å². The molecule has 0 aliphatic heterocycles. The number of hydrogen-bond donors (Lipinski definition) is 0. The van der Waals surface area contributed by atoms with Crippen molar-refractivity contribution < 1.29 is 0 Å². The zero-order chi connectivity index (χ0) is 14.5. The molecule has 0 saturated heterocycles. The van der Waals surface area contributed by atoms with Crippen LogP contribution >= 0.6 is 0 Å². The minimum Gasteiger partial charge on any atom is -0.299 e. The number of pyridine rings is 1. The average Bonchev–Trinajstić information content (AvgIpc) is 3.33. The average molecular weight is 280 g/mol. The predicted octanol–water partition coefficient (Wildman–Crippen LogP) is 4.37. The molecule has 3 rings (SSSR count). The van der Waals surface area contributed by atoms with Gasteiger partial charge in [0.25, 0.3) is 0 Å². The van der Waals surface area contributed by atoms with Crippen LogP contribution in [0.2, 0.25) is 0 Å². The first-order chi connectivity index (χ1) is 10.3. The summed E-state index contributed by atoms with van der Waals surface area (Å²) in [5.41, 5.74) is 3.67. The van der Waals surface area contributed by atoms with Gasteiger partial charge in [0, 0.05) is 24.8 Å². The summed E-state index contributed by atoms with van der Waals surface area (Å²) in [7, 11) is 0. The Bertz CT molecular complexity index is 561. The summed E-state index contributed by atoms with van der Waals surface area (Å²) >= 11 is 0. The molecule has 1 aliphatic carbocycles. The molecule has 1 fully saturated rings. The van der Waals surface area contributed by atoms with E-state index >= 15 is 0 Å². The molecule has 1 saturated carbocycles. The zero-order valence-corrected chi connectivity index (χ0v) is 12.8. The van der Waals surface area contributed by atoms with E-state index in [2.05, 4.69) is 47.1 Å². The van der Waals surface area contributed by atoms with Crippen LogP contribution in [0, 0.1) is 5.92 Å². The van der Waals surface area contributed by atoms with Crippen LogP contribution in [-0.4, -0.2) is 23.0 Å². The maximum atomic E-state index is 4.45. The SMILES string of the molecule is CCCN(Cc1cccc(-c2ccccn2)c1)CC1CC1. The molecule has 21 heavy (non-hydrogen) atoms. The second kappa shape index (κ2) is 6.86. The molecule has 0 amide bonds. The van der Waals surface area contributed by atoms with Crippen LogP contribution in [0.25, 0.3) is 11.3 Å². The fourth-order valence-corrected chi connectivity index (χ4v) is 2.84. The molecule has 0 N–H and O–H groups in total. The van der Waals surface area contributed by atoms with Crippen molar-refractivity contribution in [2.24, 2.45) is 5.92 Å². The maximum Gasteiger partial charge on any atom is 0.0702 e. The molecule has 0 spiro atoms. The molecule has 110 valence electrons. The fourth-order valence-electron chi connectivity index (χ4n) is 2.84. The lowest BCUT2D eigenvalue weighted by molar-refractivity contribution is 0.255. The highest BCUT2D eigenvalue weighted by Gasteiger charge is 2.23. The van der Waals surface area contributed by atoms with Crippen LogP contribution in [0.4, 0.5) is 0 Å². The molecule has 1 aromatic carbocycles. The molecule has 1 heterocycles. The van der Waals surface area contributed by atoms with Gasteiger partial charge in [-0.05, 0) is 55.5 Å². The highest BCUT2D eigenvalue weighted by molar-refractivity contribution is 5.59. The summed E-state index contributed by atoms with van der Waals surface area (Å²) < 4.78 is 0. The number of benzene rings is 1. The maximum absolute atomic E-state index is 4.45. The lowest BCUT2D eigenvalue weighted by Crippen LogP contribution is -2.26. The Hall–Kier alpha value is -1.67. The van der Waals surface area contributed by atoms with Gasteiger partial charge in [0.15, 0.2) is 0 Å². The van der Waals surface area contributed by atoms with E-state index in [4.69, 9.17) is 0 Å². The van der Waals surface area contributed by atoms with E-state index in [1.54, 1.807) is 0 Å². The third-order valence-corrected chi connectivity index (χ3v) is 4.05. The highest BCUT2D eigenvalue weighted by atomic mass is 15.1. The van der Waals surface area contributed by atoms with E-state index in [9.17, 15) is 0 Å². The summed E-state index contributed by atoms with van der Waals surface area (Å²) in [5, 5.41) is 0. The van der Waals surface area contributed by atoms with Gasteiger partial charge in [-0.25, -0.2) is 0 Å². The first-order valence-corrected chi connectivity index (χ1v) is 8.08. The number of aromatic nitrogens is 1. The van der Waals surface area contributed by atoms with Gasteiger partial charge >= 0.3 is 0 Å². The Balaban J connectivity index is 1.72. The zero-order valence-electron chi connectivity index (χ0n) is 12.8. The molecule has 0 bridgehead atoms. The second-order valence-electron chi connectivity index (χ2n) is 6.09. The Labute approximate surface area is 127 Å². The largest absolute Gasteiger partial charge is 0.299 e. The number of hydrogen-bond acceptors (Lipinski definition) is 2. The number of nitrogens with zero attached hydrogens (tertiary/aromatic N) is 2. The normalized spacial score (nSPS) is 14.6. The van der Waals surface area contributed by atoms with Crippen molar-refractivity contribution in [3.63, 3.8) is 0 Å². The van der Waals surface area contributed by atoms with Crippen LogP contribution in [0.3, 0.4) is 0 Å². The second-order valence-corrected chi connectivity index (χ2v) is 6.09. The standard InChI is InChI=1S/C19H24N2/c1-2-12-21(14-16-9-10-16)15-17-6-5-7-18(13-17)19-8-3-4-11-20-19/h3-8,11,13,16H,2,9-10,12,14-15H2,1H3. The van der Waals surface area contributed by atoms with Gasteiger partial charge in [-0.2, -0.15) is 0 Å². The first kappa shape index (κ1) is 14.3.